The van der Waals surface area contributed by atoms with Crippen LogP contribution in [0.4, 0.5) is 8.78 Å². The molecule has 0 radical (unpaired) electrons. The number of halogens is 2. The second-order valence-corrected chi connectivity index (χ2v) is 8.58. The Kier molecular flexibility index (Phi) is 7.68. The Morgan fingerprint density at radius 2 is 1.42 bits per heavy atom. The fourth-order valence-corrected chi connectivity index (χ4v) is 5.04. The zero-order valence-corrected chi connectivity index (χ0v) is 15.9. The molecule has 148 valence electrons. The van der Waals surface area contributed by atoms with Crippen LogP contribution in [-0.2, 0) is 9.47 Å². The summed E-state index contributed by atoms with van der Waals surface area (Å²) in [5.41, 5.74) is 0. The summed E-state index contributed by atoms with van der Waals surface area (Å²) in [6.07, 6.45) is 12.9. The number of allylic oxidation sites excluding steroid dienone is 2. The number of rotatable bonds is 6. The molecule has 26 heavy (non-hydrogen) atoms. The molecule has 2 aliphatic carbocycles. The van der Waals surface area contributed by atoms with Crippen LogP contribution in [0.1, 0.15) is 64.2 Å². The third kappa shape index (κ3) is 5.88. The lowest BCUT2D eigenvalue weighted by molar-refractivity contribution is -0.213. The molecule has 1 aliphatic heterocycles. The minimum absolute atomic E-state index is 0.0386. The van der Waals surface area contributed by atoms with E-state index in [0.29, 0.717) is 11.8 Å². The smallest absolute Gasteiger partial charge is 0.266 e. The van der Waals surface area contributed by atoms with Gasteiger partial charge in [-0.1, -0.05) is 6.08 Å². The number of hydrogen-bond donors (Lipinski definition) is 0. The van der Waals surface area contributed by atoms with Crippen molar-refractivity contribution in [3.63, 3.8) is 0 Å². The minimum atomic E-state index is -1.53. The zero-order valence-electron chi connectivity index (χ0n) is 15.9. The van der Waals surface area contributed by atoms with Gasteiger partial charge in [0.05, 0.1) is 13.2 Å². The van der Waals surface area contributed by atoms with Gasteiger partial charge in [0.2, 0.25) is 0 Å². The van der Waals surface area contributed by atoms with E-state index in [-0.39, 0.29) is 12.2 Å². The molecule has 1 heterocycles. The maximum atomic E-state index is 12.4. The minimum Gasteiger partial charge on any atom is -0.352 e. The van der Waals surface area contributed by atoms with Gasteiger partial charge in [0, 0.05) is 5.92 Å². The van der Waals surface area contributed by atoms with E-state index in [9.17, 15) is 8.78 Å². The lowest BCUT2D eigenvalue weighted by Gasteiger charge is -2.37. The van der Waals surface area contributed by atoms with Gasteiger partial charge < -0.3 is 9.47 Å². The molecule has 0 aromatic carbocycles. The molecule has 2 saturated carbocycles. The standard InChI is InChI=1S/C22H34F2O2/c1-2-16-3-5-17(6-4-16)9-12-22-25-14-20(15-26-22)19-10-7-18(8-11-19)13-21(23)24/h2,13,16-20,22H,1,3-12,14-15H2. The van der Waals surface area contributed by atoms with Crippen molar-refractivity contribution in [2.75, 3.05) is 13.2 Å². The average molecular weight is 369 g/mol. The normalized spacial score (nSPS) is 38.5. The molecule has 0 aromatic heterocycles. The van der Waals surface area contributed by atoms with Crippen LogP contribution in [0, 0.1) is 29.6 Å². The highest BCUT2D eigenvalue weighted by Crippen LogP contribution is 2.37. The first-order chi connectivity index (χ1) is 12.6. The Hall–Kier alpha value is -0.740. The van der Waals surface area contributed by atoms with Gasteiger partial charge in [0.15, 0.2) is 6.29 Å². The monoisotopic (exact) mass is 368 g/mol. The summed E-state index contributed by atoms with van der Waals surface area (Å²) >= 11 is 0. The Balaban J connectivity index is 1.31. The molecule has 3 aliphatic rings. The predicted octanol–water partition coefficient (Wildman–Crippen LogP) is 6.33. The van der Waals surface area contributed by atoms with Crippen LogP contribution >= 0.6 is 0 Å². The molecule has 0 atom stereocenters. The van der Waals surface area contributed by atoms with E-state index in [0.717, 1.165) is 63.2 Å². The van der Waals surface area contributed by atoms with Crippen LogP contribution < -0.4 is 0 Å². The summed E-state index contributed by atoms with van der Waals surface area (Å²) in [5.74, 6) is 2.61. The molecule has 0 amide bonds. The van der Waals surface area contributed by atoms with Crippen LogP contribution in [0.25, 0.3) is 0 Å². The highest BCUT2D eigenvalue weighted by molar-refractivity contribution is 4.92. The molecule has 0 N–H and O–H groups in total. The molecule has 0 aromatic rings. The summed E-state index contributed by atoms with van der Waals surface area (Å²) in [7, 11) is 0. The van der Waals surface area contributed by atoms with Crippen molar-refractivity contribution in [3.8, 4) is 0 Å². The van der Waals surface area contributed by atoms with E-state index in [2.05, 4.69) is 12.7 Å². The molecular weight excluding hydrogens is 334 g/mol. The van der Waals surface area contributed by atoms with Gasteiger partial charge in [-0.2, -0.15) is 8.78 Å². The third-order valence-corrected chi connectivity index (χ3v) is 6.87. The molecule has 2 nitrogen and oxygen atoms in total. The van der Waals surface area contributed by atoms with Crippen LogP contribution in [-0.4, -0.2) is 19.5 Å². The van der Waals surface area contributed by atoms with E-state index in [1.807, 2.05) is 0 Å². The van der Waals surface area contributed by atoms with Gasteiger partial charge in [-0.05, 0) is 94.0 Å². The van der Waals surface area contributed by atoms with Gasteiger partial charge >= 0.3 is 0 Å². The molecule has 3 fully saturated rings. The summed E-state index contributed by atoms with van der Waals surface area (Å²) < 4.78 is 36.7. The van der Waals surface area contributed by atoms with Crippen molar-refractivity contribution in [2.45, 2.75) is 70.5 Å². The van der Waals surface area contributed by atoms with Crippen LogP contribution in [0.15, 0.2) is 24.8 Å². The molecule has 3 rings (SSSR count). The van der Waals surface area contributed by atoms with Crippen molar-refractivity contribution >= 4 is 0 Å². The highest BCUT2D eigenvalue weighted by atomic mass is 19.3. The summed E-state index contributed by atoms with van der Waals surface area (Å²) in [4.78, 5) is 0. The molecule has 4 heteroatoms. The molecular formula is C22H34F2O2. The average Bonchev–Trinajstić information content (AvgIpc) is 2.67. The highest BCUT2D eigenvalue weighted by Gasteiger charge is 2.32. The first kappa shape index (κ1) is 20.0. The van der Waals surface area contributed by atoms with Gasteiger partial charge in [-0.15, -0.1) is 6.58 Å². The SMILES string of the molecule is C=CC1CCC(CCC2OCC(C3CCC(C=C(F)F)CC3)CO2)CC1. The van der Waals surface area contributed by atoms with E-state index >= 15 is 0 Å². The molecule has 0 unspecified atom stereocenters. The van der Waals surface area contributed by atoms with Gasteiger partial charge in [-0.3, -0.25) is 0 Å². The predicted molar refractivity (Wildman–Crippen MR) is 99.8 cm³/mol. The fourth-order valence-electron chi connectivity index (χ4n) is 5.04. The maximum Gasteiger partial charge on any atom is 0.266 e. The van der Waals surface area contributed by atoms with Crippen molar-refractivity contribution in [1.82, 2.24) is 0 Å². The van der Waals surface area contributed by atoms with Crippen molar-refractivity contribution < 1.29 is 18.3 Å². The topological polar surface area (TPSA) is 18.5 Å². The summed E-state index contributed by atoms with van der Waals surface area (Å²) in [6, 6.07) is 0. The first-order valence-corrected chi connectivity index (χ1v) is 10.5. The Labute approximate surface area is 157 Å². The van der Waals surface area contributed by atoms with Gasteiger partial charge in [-0.25, -0.2) is 0 Å². The second kappa shape index (κ2) is 9.98. The lowest BCUT2D eigenvalue weighted by Crippen LogP contribution is -2.37. The van der Waals surface area contributed by atoms with E-state index < -0.39 is 6.08 Å². The second-order valence-electron chi connectivity index (χ2n) is 8.58. The Morgan fingerprint density at radius 1 is 0.808 bits per heavy atom. The summed E-state index contributed by atoms with van der Waals surface area (Å²) in [6.45, 7) is 5.46. The molecule has 0 spiro atoms. The van der Waals surface area contributed by atoms with Crippen LogP contribution in [0.3, 0.4) is 0 Å². The molecule has 0 bridgehead atoms. The van der Waals surface area contributed by atoms with E-state index in [4.69, 9.17) is 9.47 Å². The van der Waals surface area contributed by atoms with Gasteiger partial charge in [0.1, 0.15) is 0 Å². The Morgan fingerprint density at radius 3 is 2.00 bits per heavy atom. The zero-order chi connectivity index (χ0) is 18.4. The summed E-state index contributed by atoms with van der Waals surface area (Å²) in [5, 5.41) is 0. The first-order valence-electron chi connectivity index (χ1n) is 10.5. The number of ether oxygens (including phenoxy) is 2. The van der Waals surface area contributed by atoms with Crippen molar-refractivity contribution in [2.24, 2.45) is 29.6 Å². The molecule has 1 saturated heterocycles. The Bertz CT molecular complexity index is 451. The van der Waals surface area contributed by atoms with E-state index in [1.54, 1.807) is 0 Å². The van der Waals surface area contributed by atoms with Crippen LogP contribution in [0.5, 0.6) is 0 Å². The van der Waals surface area contributed by atoms with E-state index in [1.165, 1.54) is 32.1 Å². The lowest BCUT2D eigenvalue weighted by atomic mass is 9.76. The third-order valence-electron chi connectivity index (χ3n) is 6.87. The van der Waals surface area contributed by atoms with Crippen LogP contribution in [0.2, 0.25) is 0 Å². The van der Waals surface area contributed by atoms with Crippen molar-refractivity contribution in [3.05, 3.63) is 24.8 Å². The van der Waals surface area contributed by atoms with Gasteiger partial charge in [0.25, 0.3) is 6.08 Å². The number of hydrogen-bond acceptors (Lipinski definition) is 2. The van der Waals surface area contributed by atoms with Crippen molar-refractivity contribution in [1.29, 1.82) is 0 Å². The largest absolute Gasteiger partial charge is 0.352 e. The maximum absolute atomic E-state index is 12.4. The quantitative estimate of drug-likeness (QED) is 0.510. The fraction of sp³-hybridized carbons (Fsp3) is 0.818.